The minimum atomic E-state index is -0.212. The van der Waals surface area contributed by atoms with Gasteiger partial charge in [0, 0.05) is 11.5 Å². The van der Waals surface area contributed by atoms with Gasteiger partial charge < -0.3 is 10.6 Å². The zero-order chi connectivity index (χ0) is 10.9. The van der Waals surface area contributed by atoms with Crippen molar-refractivity contribution in [2.24, 2.45) is 11.3 Å². The predicted molar refractivity (Wildman–Crippen MR) is 60.5 cm³/mol. The summed E-state index contributed by atoms with van der Waals surface area (Å²) >= 11 is 0. The van der Waals surface area contributed by atoms with Gasteiger partial charge in [-0.25, -0.2) is 0 Å². The first kappa shape index (κ1) is 10.9. The summed E-state index contributed by atoms with van der Waals surface area (Å²) in [4.78, 5) is 12.1. The number of hydrogen-bond donors (Lipinski definition) is 2. The second-order valence-electron chi connectivity index (χ2n) is 5.51. The van der Waals surface area contributed by atoms with Crippen molar-refractivity contribution < 1.29 is 4.79 Å². The molecule has 1 amide bonds. The number of hydrogen-bond acceptors (Lipinski definition) is 2. The van der Waals surface area contributed by atoms with Crippen LogP contribution < -0.4 is 10.6 Å². The number of carbonyl (C=O) groups is 1. The molecule has 86 valence electrons. The van der Waals surface area contributed by atoms with Crippen molar-refractivity contribution in [1.82, 2.24) is 10.6 Å². The molecule has 0 aromatic rings. The number of amides is 1. The zero-order valence-electron chi connectivity index (χ0n) is 9.81. The second-order valence-corrected chi connectivity index (χ2v) is 5.51. The van der Waals surface area contributed by atoms with Gasteiger partial charge in [0.25, 0.3) is 0 Å². The lowest BCUT2D eigenvalue weighted by Crippen LogP contribution is -2.47. The lowest BCUT2D eigenvalue weighted by Gasteiger charge is -2.36. The highest BCUT2D eigenvalue weighted by Crippen LogP contribution is 2.33. The van der Waals surface area contributed by atoms with E-state index >= 15 is 0 Å². The van der Waals surface area contributed by atoms with E-state index in [1.807, 2.05) is 0 Å². The molecule has 2 N–H and O–H groups in total. The largest absolute Gasteiger partial charge is 0.353 e. The summed E-state index contributed by atoms with van der Waals surface area (Å²) in [5, 5.41) is 6.51. The molecule has 1 saturated carbocycles. The van der Waals surface area contributed by atoms with Crippen molar-refractivity contribution in [2.75, 3.05) is 13.1 Å². The highest BCUT2D eigenvalue weighted by molar-refractivity contribution is 5.82. The van der Waals surface area contributed by atoms with Gasteiger partial charge in [-0.3, -0.25) is 4.79 Å². The number of carbonyl (C=O) groups excluding carboxylic acids is 1. The monoisotopic (exact) mass is 210 g/mol. The fraction of sp³-hybridized carbons (Fsp3) is 0.917. The Kier molecular flexibility index (Phi) is 3.01. The fourth-order valence-electron chi connectivity index (χ4n) is 2.25. The Hall–Kier alpha value is -0.570. The predicted octanol–water partition coefficient (Wildman–Crippen LogP) is 1.29. The Bertz CT molecular complexity index is 240. The van der Waals surface area contributed by atoms with E-state index in [0.717, 1.165) is 13.1 Å². The van der Waals surface area contributed by atoms with Crippen LogP contribution in [0, 0.1) is 11.3 Å². The van der Waals surface area contributed by atoms with Crippen molar-refractivity contribution in [3.05, 3.63) is 0 Å². The number of piperidine rings is 1. The van der Waals surface area contributed by atoms with Gasteiger partial charge in [-0.1, -0.05) is 13.8 Å². The van der Waals surface area contributed by atoms with Gasteiger partial charge in [-0.2, -0.15) is 0 Å². The average Bonchev–Trinajstić information content (AvgIpc) is 3.03. The molecule has 2 aliphatic rings. The lowest BCUT2D eigenvalue weighted by molar-refractivity contribution is -0.132. The van der Waals surface area contributed by atoms with E-state index in [1.165, 1.54) is 25.7 Å². The summed E-state index contributed by atoms with van der Waals surface area (Å²) < 4.78 is 0. The van der Waals surface area contributed by atoms with E-state index in [1.54, 1.807) is 0 Å². The van der Waals surface area contributed by atoms with Crippen LogP contribution >= 0.6 is 0 Å². The van der Waals surface area contributed by atoms with E-state index in [0.29, 0.717) is 12.0 Å². The average molecular weight is 210 g/mol. The summed E-state index contributed by atoms with van der Waals surface area (Å²) in [5.74, 6) is 0.740. The van der Waals surface area contributed by atoms with Crippen LogP contribution in [0.5, 0.6) is 0 Å². The molecule has 1 aliphatic heterocycles. The van der Waals surface area contributed by atoms with Gasteiger partial charge in [0.15, 0.2) is 0 Å². The number of nitrogens with one attached hydrogen (secondary N) is 2. The first-order chi connectivity index (χ1) is 7.10. The standard InChI is InChI=1S/C12H22N2O/c1-12(2,9-4-3-7-13-8-9)11(15)14-10-5-6-10/h9-10,13H,3-8H2,1-2H3,(H,14,15). The third-order valence-electron chi connectivity index (χ3n) is 3.82. The van der Waals surface area contributed by atoms with E-state index in [2.05, 4.69) is 24.5 Å². The molecular weight excluding hydrogens is 188 g/mol. The highest BCUT2D eigenvalue weighted by atomic mass is 16.2. The molecule has 0 aromatic heterocycles. The normalized spacial score (nSPS) is 27.5. The summed E-state index contributed by atoms with van der Waals surface area (Å²) in [6.45, 7) is 6.27. The molecule has 1 atom stereocenters. The molecule has 3 heteroatoms. The molecule has 15 heavy (non-hydrogen) atoms. The quantitative estimate of drug-likeness (QED) is 0.737. The highest BCUT2D eigenvalue weighted by Gasteiger charge is 2.39. The molecule has 0 radical (unpaired) electrons. The number of rotatable bonds is 3. The van der Waals surface area contributed by atoms with Gasteiger partial charge in [0.1, 0.15) is 0 Å². The molecule has 2 fully saturated rings. The van der Waals surface area contributed by atoms with Crippen LogP contribution in [-0.4, -0.2) is 25.0 Å². The van der Waals surface area contributed by atoms with Crippen molar-refractivity contribution in [1.29, 1.82) is 0 Å². The smallest absolute Gasteiger partial charge is 0.226 e. The van der Waals surface area contributed by atoms with E-state index in [-0.39, 0.29) is 11.3 Å². The van der Waals surface area contributed by atoms with E-state index in [9.17, 15) is 4.79 Å². The second kappa shape index (κ2) is 4.12. The minimum absolute atomic E-state index is 0.212. The third kappa shape index (κ3) is 2.51. The van der Waals surface area contributed by atoms with Crippen molar-refractivity contribution in [2.45, 2.75) is 45.6 Å². The van der Waals surface area contributed by atoms with Gasteiger partial charge >= 0.3 is 0 Å². The zero-order valence-corrected chi connectivity index (χ0v) is 9.81. The Balaban J connectivity index is 1.92. The molecule has 1 heterocycles. The van der Waals surface area contributed by atoms with Crippen LogP contribution in [0.1, 0.15) is 39.5 Å². The maximum absolute atomic E-state index is 12.1. The topological polar surface area (TPSA) is 41.1 Å². The van der Waals surface area contributed by atoms with Crippen molar-refractivity contribution in [3.8, 4) is 0 Å². The van der Waals surface area contributed by atoms with Crippen molar-refractivity contribution in [3.63, 3.8) is 0 Å². The molecule has 0 spiro atoms. The summed E-state index contributed by atoms with van der Waals surface area (Å²) in [5.41, 5.74) is -0.212. The van der Waals surface area contributed by atoms with Gasteiger partial charge in [0.05, 0.1) is 0 Å². The molecule has 0 bridgehead atoms. The summed E-state index contributed by atoms with van der Waals surface area (Å²) in [7, 11) is 0. The Morgan fingerprint density at radius 2 is 2.07 bits per heavy atom. The van der Waals surface area contributed by atoms with Gasteiger partial charge in [-0.05, 0) is 44.7 Å². The maximum atomic E-state index is 12.1. The first-order valence-corrected chi connectivity index (χ1v) is 6.12. The van der Waals surface area contributed by atoms with Gasteiger partial charge in [-0.15, -0.1) is 0 Å². The van der Waals surface area contributed by atoms with Crippen LogP contribution in [-0.2, 0) is 4.79 Å². The van der Waals surface area contributed by atoms with E-state index < -0.39 is 0 Å². The van der Waals surface area contributed by atoms with E-state index in [4.69, 9.17) is 0 Å². The molecule has 0 aromatic carbocycles. The first-order valence-electron chi connectivity index (χ1n) is 6.12. The SMILES string of the molecule is CC(C)(C(=O)NC1CC1)C1CCCNC1. The lowest BCUT2D eigenvalue weighted by atomic mass is 9.74. The molecule has 3 nitrogen and oxygen atoms in total. The molecular formula is C12H22N2O. The molecule has 1 saturated heterocycles. The van der Waals surface area contributed by atoms with Crippen LogP contribution in [0.3, 0.4) is 0 Å². The van der Waals surface area contributed by atoms with Crippen molar-refractivity contribution >= 4 is 5.91 Å². The Labute approximate surface area is 92.0 Å². The Morgan fingerprint density at radius 3 is 2.60 bits per heavy atom. The van der Waals surface area contributed by atoms with Crippen LogP contribution in [0.2, 0.25) is 0 Å². The van der Waals surface area contributed by atoms with Crippen LogP contribution in [0.15, 0.2) is 0 Å². The molecule has 2 rings (SSSR count). The minimum Gasteiger partial charge on any atom is -0.353 e. The van der Waals surface area contributed by atoms with Gasteiger partial charge in [0.2, 0.25) is 5.91 Å². The third-order valence-corrected chi connectivity index (χ3v) is 3.82. The molecule has 1 unspecified atom stereocenters. The Morgan fingerprint density at radius 1 is 1.33 bits per heavy atom. The van der Waals surface area contributed by atoms with Crippen LogP contribution in [0.4, 0.5) is 0 Å². The van der Waals surface area contributed by atoms with Crippen LogP contribution in [0.25, 0.3) is 0 Å². The molecule has 1 aliphatic carbocycles. The summed E-state index contributed by atoms with van der Waals surface area (Å²) in [6.07, 6.45) is 4.72. The fourth-order valence-corrected chi connectivity index (χ4v) is 2.25. The maximum Gasteiger partial charge on any atom is 0.226 e. The summed E-state index contributed by atoms with van der Waals surface area (Å²) in [6, 6.07) is 0.480.